The Labute approximate surface area is 79.8 Å². The van der Waals surface area contributed by atoms with Crippen molar-refractivity contribution in [3.63, 3.8) is 0 Å². The van der Waals surface area contributed by atoms with E-state index in [0.29, 0.717) is 12.0 Å². The fourth-order valence-electron chi connectivity index (χ4n) is 1.95. The first kappa shape index (κ1) is 9.44. The Hall–Kier alpha value is -0.120. The first-order chi connectivity index (χ1) is 6.36. The highest BCUT2D eigenvalue weighted by molar-refractivity contribution is 4.76. The number of rotatable bonds is 1. The summed E-state index contributed by atoms with van der Waals surface area (Å²) < 4.78 is 11.4. The molecule has 2 aliphatic rings. The van der Waals surface area contributed by atoms with Crippen LogP contribution in [0.5, 0.6) is 0 Å². The maximum atomic E-state index is 5.69. The minimum atomic E-state index is 0.150. The molecule has 3 unspecified atom stereocenters. The van der Waals surface area contributed by atoms with Gasteiger partial charge >= 0.3 is 0 Å². The van der Waals surface area contributed by atoms with Gasteiger partial charge in [-0.05, 0) is 25.2 Å². The lowest BCUT2D eigenvalue weighted by Gasteiger charge is -2.35. The van der Waals surface area contributed by atoms with Crippen molar-refractivity contribution in [3.05, 3.63) is 0 Å². The lowest BCUT2D eigenvalue weighted by Crippen LogP contribution is -2.50. The average molecular weight is 185 g/mol. The summed E-state index contributed by atoms with van der Waals surface area (Å²) in [7, 11) is 0. The standard InChI is InChI=1S/C10H19NO2/c1-8-6-11-10(13-7-8)9-4-2-3-5-12-9/h8-11H,2-7H2,1H3. The lowest BCUT2D eigenvalue weighted by atomic mass is 10.1. The van der Waals surface area contributed by atoms with E-state index in [1.54, 1.807) is 0 Å². The normalized spacial score (nSPS) is 41.8. The van der Waals surface area contributed by atoms with E-state index in [1.807, 2.05) is 0 Å². The smallest absolute Gasteiger partial charge is 0.134 e. The van der Waals surface area contributed by atoms with Crippen molar-refractivity contribution < 1.29 is 9.47 Å². The van der Waals surface area contributed by atoms with Gasteiger partial charge in [0.2, 0.25) is 0 Å². The summed E-state index contributed by atoms with van der Waals surface area (Å²) in [6.07, 6.45) is 4.07. The van der Waals surface area contributed by atoms with Crippen LogP contribution in [0.1, 0.15) is 26.2 Å². The van der Waals surface area contributed by atoms with Crippen molar-refractivity contribution >= 4 is 0 Å². The van der Waals surface area contributed by atoms with Crippen LogP contribution in [0, 0.1) is 5.92 Å². The third-order valence-corrected chi connectivity index (χ3v) is 2.78. The van der Waals surface area contributed by atoms with Gasteiger partial charge in [-0.15, -0.1) is 0 Å². The van der Waals surface area contributed by atoms with Gasteiger partial charge < -0.3 is 9.47 Å². The number of ether oxygens (including phenoxy) is 2. The first-order valence-electron chi connectivity index (χ1n) is 5.33. The van der Waals surface area contributed by atoms with Crippen molar-refractivity contribution in [1.82, 2.24) is 5.32 Å². The Bertz CT molecular complexity index is 149. The second-order valence-electron chi connectivity index (χ2n) is 4.17. The van der Waals surface area contributed by atoms with Crippen LogP contribution in [-0.2, 0) is 9.47 Å². The van der Waals surface area contributed by atoms with Crippen LogP contribution in [0.25, 0.3) is 0 Å². The van der Waals surface area contributed by atoms with E-state index in [4.69, 9.17) is 9.47 Å². The van der Waals surface area contributed by atoms with E-state index in [9.17, 15) is 0 Å². The zero-order valence-electron chi connectivity index (χ0n) is 8.29. The largest absolute Gasteiger partial charge is 0.374 e. The van der Waals surface area contributed by atoms with Crippen LogP contribution in [0.2, 0.25) is 0 Å². The van der Waals surface area contributed by atoms with Gasteiger partial charge in [0.05, 0.1) is 12.7 Å². The predicted molar refractivity (Wildman–Crippen MR) is 50.5 cm³/mol. The summed E-state index contributed by atoms with van der Waals surface area (Å²) in [5.74, 6) is 0.639. The summed E-state index contributed by atoms with van der Waals surface area (Å²) >= 11 is 0. The van der Waals surface area contributed by atoms with Crippen LogP contribution in [0.4, 0.5) is 0 Å². The second-order valence-corrected chi connectivity index (χ2v) is 4.17. The van der Waals surface area contributed by atoms with Gasteiger partial charge in [0.15, 0.2) is 0 Å². The molecule has 1 N–H and O–H groups in total. The Kier molecular flexibility index (Phi) is 3.19. The molecule has 2 fully saturated rings. The molecule has 0 bridgehead atoms. The highest BCUT2D eigenvalue weighted by Crippen LogP contribution is 2.19. The fraction of sp³-hybridized carbons (Fsp3) is 1.00. The van der Waals surface area contributed by atoms with Crippen LogP contribution in [0.3, 0.4) is 0 Å². The van der Waals surface area contributed by atoms with E-state index < -0.39 is 0 Å². The maximum absolute atomic E-state index is 5.69. The molecule has 0 amide bonds. The molecule has 0 aliphatic carbocycles. The van der Waals surface area contributed by atoms with E-state index in [2.05, 4.69) is 12.2 Å². The van der Waals surface area contributed by atoms with Crippen molar-refractivity contribution in [1.29, 1.82) is 0 Å². The SMILES string of the molecule is CC1CNC(C2CCCCO2)OC1. The molecule has 2 aliphatic heterocycles. The lowest BCUT2D eigenvalue weighted by molar-refractivity contribution is -0.127. The molecule has 3 atom stereocenters. The molecule has 0 aromatic carbocycles. The van der Waals surface area contributed by atoms with E-state index in [0.717, 1.165) is 26.2 Å². The van der Waals surface area contributed by atoms with Crippen LogP contribution in [-0.4, -0.2) is 32.1 Å². The highest BCUT2D eigenvalue weighted by atomic mass is 16.6. The van der Waals surface area contributed by atoms with E-state index >= 15 is 0 Å². The molecule has 2 rings (SSSR count). The molecule has 0 saturated carbocycles. The number of hydrogen-bond donors (Lipinski definition) is 1. The van der Waals surface area contributed by atoms with Crippen LogP contribution in [0.15, 0.2) is 0 Å². The minimum absolute atomic E-state index is 0.150. The van der Waals surface area contributed by atoms with Crippen LogP contribution >= 0.6 is 0 Å². The number of hydrogen-bond acceptors (Lipinski definition) is 3. The van der Waals surface area contributed by atoms with E-state index in [-0.39, 0.29) is 6.23 Å². The topological polar surface area (TPSA) is 30.5 Å². The summed E-state index contributed by atoms with van der Waals surface area (Å²) in [5, 5.41) is 3.39. The molecule has 3 heteroatoms. The van der Waals surface area contributed by atoms with Gasteiger partial charge in [-0.3, -0.25) is 5.32 Å². The Balaban J connectivity index is 1.79. The molecule has 3 nitrogen and oxygen atoms in total. The predicted octanol–water partition coefficient (Wildman–Crippen LogP) is 1.14. The molecule has 0 aromatic rings. The fourth-order valence-corrected chi connectivity index (χ4v) is 1.95. The first-order valence-corrected chi connectivity index (χ1v) is 5.33. The van der Waals surface area contributed by atoms with Crippen molar-refractivity contribution in [3.8, 4) is 0 Å². The third-order valence-electron chi connectivity index (χ3n) is 2.78. The molecular formula is C10H19NO2. The molecule has 0 spiro atoms. The summed E-state index contributed by atoms with van der Waals surface area (Å²) in [6.45, 7) is 5.04. The van der Waals surface area contributed by atoms with E-state index in [1.165, 1.54) is 12.8 Å². The quantitative estimate of drug-likeness (QED) is 0.664. The molecule has 2 saturated heterocycles. The zero-order chi connectivity index (χ0) is 9.10. The third kappa shape index (κ3) is 2.42. The highest BCUT2D eigenvalue weighted by Gasteiger charge is 2.28. The van der Waals surface area contributed by atoms with Gasteiger partial charge in [0, 0.05) is 13.2 Å². The van der Waals surface area contributed by atoms with Gasteiger partial charge in [-0.2, -0.15) is 0 Å². The van der Waals surface area contributed by atoms with Gasteiger partial charge in [0.25, 0.3) is 0 Å². The Morgan fingerprint density at radius 3 is 2.77 bits per heavy atom. The molecule has 76 valence electrons. The van der Waals surface area contributed by atoms with Crippen molar-refractivity contribution in [2.24, 2.45) is 5.92 Å². The monoisotopic (exact) mass is 185 g/mol. The zero-order valence-corrected chi connectivity index (χ0v) is 8.29. The van der Waals surface area contributed by atoms with Crippen molar-refractivity contribution in [2.45, 2.75) is 38.5 Å². The van der Waals surface area contributed by atoms with Gasteiger partial charge in [0.1, 0.15) is 6.23 Å². The minimum Gasteiger partial charge on any atom is -0.374 e. The maximum Gasteiger partial charge on any atom is 0.134 e. The summed E-state index contributed by atoms with van der Waals surface area (Å²) in [4.78, 5) is 0. The molecule has 13 heavy (non-hydrogen) atoms. The summed E-state index contributed by atoms with van der Waals surface area (Å²) in [6, 6.07) is 0. The Morgan fingerprint density at radius 1 is 1.23 bits per heavy atom. The molecule has 0 aromatic heterocycles. The number of nitrogens with one attached hydrogen (secondary N) is 1. The second kappa shape index (κ2) is 4.40. The molecular weight excluding hydrogens is 166 g/mol. The Morgan fingerprint density at radius 2 is 2.15 bits per heavy atom. The van der Waals surface area contributed by atoms with Gasteiger partial charge in [-0.25, -0.2) is 0 Å². The summed E-state index contributed by atoms with van der Waals surface area (Å²) in [5.41, 5.74) is 0. The molecule has 2 heterocycles. The van der Waals surface area contributed by atoms with Gasteiger partial charge in [-0.1, -0.05) is 6.92 Å². The average Bonchev–Trinajstić information content (AvgIpc) is 2.20. The van der Waals surface area contributed by atoms with Crippen molar-refractivity contribution in [2.75, 3.05) is 19.8 Å². The van der Waals surface area contributed by atoms with Crippen LogP contribution < -0.4 is 5.32 Å². The molecule has 0 radical (unpaired) electrons.